The quantitative estimate of drug-likeness (QED) is 0.135. The third kappa shape index (κ3) is 6.05. The average molecular weight is 607 g/mol. The van der Waals surface area contributed by atoms with Crippen LogP contribution in [0, 0.1) is 0 Å². The zero-order valence-electron chi connectivity index (χ0n) is 25.1. The molecular formula is C40H38O2Si2. The molecule has 0 aliphatic heterocycles. The number of para-hydroxylation sites is 2. The van der Waals surface area contributed by atoms with Crippen LogP contribution in [0.5, 0.6) is 11.5 Å². The highest BCUT2D eigenvalue weighted by atomic mass is 28.4. The van der Waals surface area contributed by atoms with Crippen LogP contribution in [0.4, 0.5) is 0 Å². The van der Waals surface area contributed by atoms with Crippen LogP contribution >= 0.6 is 0 Å². The summed E-state index contributed by atoms with van der Waals surface area (Å²) < 4.78 is 14.9. The van der Waals surface area contributed by atoms with Crippen molar-refractivity contribution in [3.63, 3.8) is 0 Å². The van der Waals surface area contributed by atoms with Gasteiger partial charge < -0.3 is 8.85 Å². The molecule has 0 fully saturated rings. The molecule has 1 unspecified atom stereocenters. The summed E-state index contributed by atoms with van der Waals surface area (Å²) in [5, 5.41) is 5.06. The molecule has 0 bridgehead atoms. The second-order valence-corrected chi connectivity index (χ2v) is 18.2. The smallest absolute Gasteiger partial charge is 0.317 e. The fraction of sp³-hybridized carbons (Fsp3) is 0.100. The molecule has 2 nitrogen and oxygen atoms in total. The highest BCUT2D eigenvalue weighted by molar-refractivity contribution is 7.03. The molecule has 0 amide bonds. The Morgan fingerprint density at radius 2 is 0.727 bits per heavy atom. The van der Waals surface area contributed by atoms with Crippen molar-refractivity contribution in [1.29, 1.82) is 0 Å². The minimum Gasteiger partial charge on any atom is -0.535 e. The molecule has 0 N–H and O–H groups in total. The molecule has 0 saturated heterocycles. The molecular weight excluding hydrogens is 569 g/mol. The molecule has 0 aliphatic carbocycles. The van der Waals surface area contributed by atoms with Crippen molar-refractivity contribution in [3.05, 3.63) is 182 Å². The van der Waals surface area contributed by atoms with E-state index in [0.717, 1.165) is 24.0 Å². The molecule has 6 aromatic rings. The lowest BCUT2D eigenvalue weighted by Crippen LogP contribution is -2.70. The van der Waals surface area contributed by atoms with Crippen molar-refractivity contribution < 1.29 is 8.85 Å². The molecule has 6 rings (SSSR count). The highest BCUT2D eigenvalue weighted by Crippen LogP contribution is 2.37. The van der Waals surface area contributed by atoms with Crippen LogP contribution < -0.4 is 29.6 Å². The van der Waals surface area contributed by atoms with Crippen LogP contribution in [0.3, 0.4) is 0 Å². The minimum absolute atomic E-state index is 0.184. The monoisotopic (exact) mass is 606 g/mol. The summed E-state index contributed by atoms with van der Waals surface area (Å²) in [4.78, 5) is 0. The van der Waals surface area contributed by atoms with Crippen molar-refractivity contribution in [1.82, 2.24) is 0 Å². The first kappa shape index (κ1) is 29.4. The topological polar surface area (TPSA) is 18.5 Å². The Kier molecular flexibility index (Phi) is 9.21. The van der Waals surface area contributed by atoms with E-state index in [1.54, 1.807) is 0 Å². The van der Waals surface area contributed by atoms with Crippen molar-refractivity contribution in [2.45, 2.75) is 24.9 Å². The molecule has 6 aromatic carbocycles. The van der Waals surface area contributed by atoms with Crippen LogP contribution in [0.1, 0.15) is 13.3 Å². The van der Waals surface area contributed by atoms with E-state index in [1.807, 2.05) is 6.07 Å². The molecule has 1 atom stereocenters. The first-order valence-electron chi connectivity index (χ1n) is 15.4. The van der Waals surface area contributed by atoms with Gasteiger partial charge in [0.1, 0.15) is 11.5 Å². The van der Waals surface area contributed by atoms with Crippen molar-refractivity contribution in [2.24, 2.45) is 0 Å². The zero-order valence-corrected chi connectivity index (χ0v) is 27.1. The van der Waals surface area contributed by atoms with Crippen LogP contribution in [0.15, 0.2) is 182 Å². The number of hydrogen-bond acceptors (Lipinski definition) is 2. The van der Waals surface area contributed by atoms with Crippen LogP contribution in [0.25, 0.3) is 0 Å². The summed E-state index contributed by atoms with van der Waals surface area (Å²) in [6, 6.07) is 65.3. The number of hydrogen-bond donors (Lipinski definition) is 0. The Morgan fingerprint density at radius 1 is 0.409 bits per heavy atom. The summed E-state index contributed by atoms with van der Waals surface area (Å²) in [7, 11) is -5.87. The van der Waals surface area contributed by atoms with E-state index >= 15 is 0 Å². The molecule has 0 saturated carbocycles. The Morgan fingerprint density at radius 3 is 1.09 bits per heavy atom. The third-order valence-electron chi connectivity index (χ3n) is 8.54. The van der Waals surface area contributed by atoms with E-state index in [1.165, 1.54) is 20.7 Å². The van der Waals surface area contributed by atoms with Crippen LogP contribution in [-0.4, -0.2) is 16.6 Å². The number of benzene rings is 6. The number of rotatable bonds is 12. The van der Waals surface area contributed by atoms with Gasteiger partial charge in [-0.15, -0.1) is 0 Å². The first-order valence-corrected chi connectivity index (χ1v) is 19.5. The van der Waals surface area contributed by atoms with Gasteiger partial charge in [0.05, 0.1) is 0 Å². The molecule has 0 radical (unpaired) electrons. The van der Waals surface area contributed by atoms with Crippen LogP contribution in [-0.2, 0) is 0 Å². The van der Waals surface area contributed by atoms with Gasteiger partial charge in [0, 0.05) is 0 Å². The highest BCUT2D eigenvalue weighted by Gasteiger charge is 2.54. The zero-order chi connectivity index (χ0) is 30.1. The van der Waals surface area contributed by atoms with E-state index in [-0.39, 0.29) is 5.54 Å². The maximum Gasteiger partial charge on any atom is 0.317 e. The van der Waals surface area contributed by atoms with Crippen molar-refractivity contribution >= 4 is 37.4 Å². The normalized spacial score (nSPS) is 12.3. The fourth-order valence-electron chi connectivity index (χ4n) is 6.47. The van der Waals surface area contributed by atoms with Gasteiger partial charge in [-0.3, -0.25) is 0 Å². The summed E-state index contributed by atoms with van der Waals surface area (Å²) in [5.74, 6) is 1.80. The lowest BCUT2D eigenvalue weighted by atomic mass is 10.3. The maximum atomic E-state index is 7.50. The lowest BCUT2D eigenvalue weighted by molar-refractivity contribution is 0.522. The van der Waals surface area contributed by atoms with Gasteiger partial charge in [-0.05, 0) is 56.6 Å². The van der Waals surface area contributed by atoms with Gasteiger partial charge in [-0.1, -0.05) is 171 Å². The summed E-state index contributed by atoms with van der Waals surface area (Å²) >= 11 is 0. The van der Waals surface area contributed by atoms with E-state index in [4.69, 9.17) is 8.85 Å². The largest absolute Gasteiger partial charge is 0.535 e. The molecule has 0 spiro atoms. The summed E-state index contributed by atoms with van der Waals surface area (Å²) in [5.41, 5.74) is 0.184. The van der Waals surface area contributed by atoms with Crippen LogP contribution in [0.2, 0.25) is 11.6 Å². The van der Waals surface area contributed by atoms with Gasteiger partial charge in [-0.2, -0.15) is 0 Å². The van der Waals surface area contributed by atoms with Crippen molar-refractivity contribution in [2.75, 3.05) is 0 Å². The third-order valence-corrected chi connectivity index (χ3v) is 17.8. The second kappa shape index (κ2) is 13.8. The minimum atomic E-state index is -2.96. The van der Waals surface area contributed by atoms with Gasteiger partial charge in [0.25, 0.3) is 0 Å². The predicted molar refractivity (Wildman–Crippen MR) is 189 cm³/mol. The summed E-state index contributed by atoms with van der Waals surface area (Å²) in [6.07, 6.45) is 0.940. The lowest BCUT2D eigenvalue weighted by Gasteiger charge is -2.43. The molecule has 218 valence electrons. The van der Waals surface area contributed by atoms with Gasteiger partial charge in [0.15, 0.2) is 0 Å². The van der Waals surface area contributed by atoms with E-state index < -0.39 is 16.6 Å². The van der Waals surface area contributed by atoms with Gasteiger partial charge in [-0.25, -0.2) is 0 Å². The molecule has 0 aromatic heterocycles. The molecule has 44 heavy (non-hydrogen) atoms. The Bertz CT molecular complexity index is 1620. The Hall–Kier alpha value is -4.65. The predicted octanol–water partition coefficient (Wildman–Crippen LogP) is 7.44. The fourth-order valence-corrected chi connectivity index (χ4v) is 16.7. The van der Waals surface area contributed by atoms with E-state index in [2.05, 4.69) is 183 Å². The average Bonchev–Trinajstić information content (AvgIpc) is 3.11. The van der Waals surface area contributed by atoms with Gasteiger partial charge in [0.2, 0.25) is 0 Å². The first-order chi connectivity index (χ1) is 21.7. The second-order valence-electron chi connectivity index (χ2n) is 11.2. The molecule has 0 aliphatic rings. The van der Waals surface area contributed by atoms with E-state index in [0.29, 0.717) is 0 Å². The SMILES string of the molecule is CCC(C[Si](Oc1ccccc1)(c1ccccc1)c1ccccc1)[Si](Oc1ccccc1)(c1ccccc1)c1ccccc1. The molecule has 4 heteroatoms. The van der Waals surface area contributed by atoms with Gasteiger partial charge >= 0.3 is 16.6 Å². The summed E-state index contributed by atoms with van der Waals surface area (Å²) in [6.45, 7) is 2.32. The van der Waals surface area contributed by atoms with Crippen molar-refractivity contribution in [3.8, 4) is 11.5 Å². The standard InChI is InChI=1S/C40H38O2Si2/c1-2-36(44(39-29-17-7-18-30-39,40-31-19-8-20-32-40)42-35-23-11-4-12-24-35)33-43(37-25-13-5-14-26-37,38-27-15-6-16-28-38)41-34-21-9-3-10-22-34/h3-32,36H,2,33H2,1H3. The Labute approximate surface area is 263 Å². The Balaban J connectivity index is 1.62. The maximum absolute atomic E-state index is 7.50. The van der Waals surface area contributed by atoms with E-state index in [9.17, 15) is 0 Å². The molecule has 0 heterocycles.